The highest BCUT2D eigenvalue weighted by molar-refractivity contribution is 14.0. The Morgan fingerprint density at radius 3 is 2.69 bits per heavy atom. The van der Waals surface area contributed by atoms with Gasteiger partial charge < -0.3 is 10.2 Å². The smallest absolute Gasteiger partial charge is 0.238 e. The van der Waals surface area contributed by atoms with Gasteiger partial charge in [-0.2, -0.15) is 0 Å². The molecule has 0 bridgehead atoms. The van der Waals surface area contributed by atoms with Crippen molar-refractivity contribution in [3.05, 3.63) is 52.2 Å². The predicted molar refractivity (Wildman–Crippen MR) is 119 cm³/mol. The van der Waals surface area contributed by atoms with Gasteiger partial charge in [0.1, 0.15) is 0 Å². The normalized spacial score (nSPS) is 11.7. The van der Waals surface area contributed by atoms with Crippen molar-refractivity contribution in [2.75, 3.05) is 20.1 Å². The van der Waals surface area contributed by atoms with E-state index in [1.807, 2.05) is 20.0 Å². The van der Waals surface area contributed by atoms with Crippen molar-refractivity contribution in [3.8, 4) is 0 Å². The molecule has 2 rings (SSSR count). The highest BCUT2D eigenvalue weighted by Gasteiger charge is 2.09. The summed E-state index contributed by atoms with van der Waals surface area (Å²) < 4.78 is 22.9. The number of hydrogen-bond donors (Lipinski definition) is 2. The number of thiophene rings is 1. The van der Waals surface area contributed by atoms with Crippen molar-refractivity contribution in [2.24, 2.45) is 10.1 Å². The molecule has 0 radical (unpaired) electrons. The summed E-state index contributed by atoms with van der Waals surface area (Å²) in [5.41, 5.74) is 0.800. The number of nitrogens with one attached hydrogen (secondary N) is 1. The molecule has 1 aromatic carbocycles. The fourth-order valence-electron chi connectivity index (χ4n) is 2.30. The number of aliphatic imine (C=N–C) groups is 1. The number of nitrogens with zero attached hydrogens (tertiary/aromatic N) is 2. The van der Waals surface area contributed by atoms with Crippen LogP contribution in [0.15, 0.2) is 51.7 Å². The molecule has 2 aromatic rings. The fraction of sp³-hybridized carbons (Fsp3) is 0.353. The molecule has 0 unspecified atom stereocenters. The second-order valence-corrected chi connectivity index (χ2v) is 8.21. The van der Waals surface area contributed by atoms with Gasteiger partial charge >= 0.3 is 0 Å². The Hall–Kier alpha value is -1.17. The van der Waals surface area contributed by atoms with E-state index in [1.54, 1.807) is 23.5 Å². The maximum absolute atomic E-state index is 11.5. The lowest BCUT2D eigenvalue weighted by molar-refractivity contribution is 0.486. The molecule has 144 valence electrons. The van der Waals surface area contributed by atoms with E-state index in [1.165, 1.54) is 10.9 Å². The summed E-state index contributed by atoms with van der Waals surface area (Å²) in [5.74, 6) is 0.792. The lowest BCUT2D eigenvalue weighted by atomic mass is 10.2. The predicted octanol–water partition coefficient (Wildman–Crippen LogP) is 2.65. The van der Waals surface area contributed by atoms with Crippen LogP contribution in [0.3, 0.4) is 0 Å². The van der Waals surface area contributed by atoms with Gasteiger partial charge in [0.05, 0.1) is 11.4 Å². The van der Waals surface area contributed by atoms with Gasteiger partial charge in [-0.15, -0.1) is 35.3 Å². The molecule has 0 spiro atoms. The van der Waals surface area contributed by atoms with Crippen LogP contribution in [0.2, 0.25) is 0 Å². The van der Waals surface area contributed by atoms with Crippen molar-refractivity contribution < 1.29 is 8.42 Å². The minimum absolute atomic E-state index is 0. The quantitative estimate of drug-likeness (QED) is 0.342. The van der Waals surface area contributed by atoms with Crippen LogP contribution in [0.25, 0.3) is 0 Å². The van der Waals surface area contributed by atoms with Crippen molar-refractivity contribution >= 4 is 51.3 Å². The first-order chi connectivity index (χ1) is 11.9. The zero-order chi connectivity index (χ0) is 18.3. The fourth-order valence-corrected chi connectivity index (χ4v) is 3.58. The van der Waals surface area contributed by atoms with Crippen LogP contribution >= 0.6 is 35.3 Å². The molecule has 0 atom stereocenters. The van der Waals surface area contributed by atoms with E-state index in [4.69, 9.17) is 5.14 Å². The number of halogens is 1. The SMILES string of the molecule is CCNC(=NCc1cccc(S(N)(=O)=O)c1)N(C)CCc1cccs1.I. The van der Waals surface area contributed by atoms with E-state index in [0.717, 1.165) is 31.0 Å². The van der Waals surface area contributed by atoms with Crippen LogP contribution in [-0.4, -0.2) is 39.4 Å². The molecule has 9 heteroatoms. The molecule has 6 nitrogen and oxygen atoms in total. The van der Waals surface area contributed by atoms with Crippen LogP contribution in [0.5, 0.6) is 0 Å². The van der Waals surface area contributed by atoms with Crippen molar-refractivity contribution in [1.29, 1.82) is 0 Å². The number of hydrogen-bond acceptors (Lipinski definition) is 4. The van der Waals surface area contributed by atoms with Crippen LogP contribution < -0.4 is 10.5 Å². The Kier molecular flexibility index (Phi) is 9.55. The average Bonchev–Trinajstić information content (AvgIpc) is 3.09. The molecule has 0 aliphatic heterocycles. The van der Waals surface area contributed by atoms with Gasteiger partial charge in [-0.25, -0.2) is 18.5 Å². The number of primary sulfonamides is 1. The Morgan fingerprint density at radius 1 is 1.31 bits per heavy atom. The molecule has 0 aliphatic carbocycles. The van der Waals surface area contributed by atoms with Gasteiger partial charge in [-0.1, -0.05) is 18.2 Å². The third kappa shape index (κ3) is 7.22. The zero-order valence-corrected chi connectivity index (χ0v) is 18.8. The van der Waals surface area contributed by atoms with Crippen LogP contribution in [-0.2, 0) is 23.0 Å². The van der Waals surface area contributed by atoms with Crippen molar-refractivity contribution in [3.63, 3.8) is 0 Å². The average molecular weight is 508 g/mol. The molecule has 0 saturated heterocycles. The minimum atomic E-state index is -3.70. The number of sulfonamides is 1. The van der Waals surface area contributed by atoms with E-state index in [9.17, 15) is 8.42 Å². The Balaban J connectivity index is 0.00000338. The number of benzene rings is 1. The summed E-state index contributed by atoms with van der Waals surface area (Å²) in [5, 5.41) is 10.5. The van der Waals surface area contributed by atoms with Gasteiger partial charge in [0.2, 0.25) is 10.0 Å². The van der Waals surface area contributed by atoms with E-state index in [-0.39, 0.29) is 28.9 Å². The molecule has 0 amide bonds. The maximum atomic E-state index is 11.5. The first-order valence-electron chi connectivity index (χ1n) is 8.03. The molecular weight excluding hydrogens is 483 g/mol. The molecule has 1 heterocycles. The lowest BCUT2D eigenvalue weighted by Crippen LogP contribution is -2.39. The van der Waals surface area contributed by atoms with Crippen LogP contribution in [0, 0.1) is 0 Å². The van der Waals surface area contributed by atoms with Gasteiger partial charge in [0, 0.05) is 25.0 Å². The molecular formula is C17H25IN4O2S2. The molecule has 1 aromatic heterocycles. The summed E-state index contributed by atoms with van der Waals surface area (Å²) >= 11 is 1.75. The third-order valence-electron chi connectivity index (χ3n) is 3.61. The number of guanidine groups is 1. The first-order valence-corrected chi connectivity index (χ1v) is 10.5. The topological polar surface area (TPSA) is 87.8 Å². The Bertz CT molecular complexity index is 808. The Labute approximate surface area is 176 Å². The van der Waals surface area contributed by atoms with Crippen LogP contribution in [0.1, 0.15) is 17.4 Å². The summed E-state index contributed by atoms with van der Waals surface area (Å²) in [6, 6.07) is 10.7. The standard InChI is InChI=1S/C17H24N4O2S2.HI/c1-3-19-17(21(2)10-9-15-7-5-11-24-15)20-13-14-6-4-8-16(12-14)25(18,22)23;/h4-8,11-12H,3,9-10,13H2,1-2H3,(H,19,20)(H2,18,22,23);1H. The van der Waals surface area contributed by atoms with Crippen molar-refractivity contribution in [2.45, 2.75) is 24.8 Å². The van der Waals surface area contributed by atoms with E-state index >= 15 is 0 Å². The van der Waals surface area contributed by atoms with E-state index in [2.05, 4.69) is 32.7 Å². The van der Waals surface area contributed by atoms with Gasteiger partial charge in [-0.05, 0) is 42.5 Å². The third-order valence-corrected chi connectivity index (χ3v) is 5.46. The first kappa shape index (κ1) is 22.9. The molecule has 26 heavy (non-hydrogen) atoms. The number of rotatable bonds is 7. The molecule has 0 fully saturated rings. The summed E-state index contributed by atoms with van der Waals surface area (Å²) in [4.78, 5) is 8.13. The second kappa shape index (κ2) is 10.9. The minimum Gasteiger partial charge on any atom is -0.357 e. The monoisotopic (exact) mass is 508 g/mol. The summed E-state index contributed by atoms with van der Waals surface area (Å²) in [7, 11) is -1.70. The summed E-state index contributed by atoms with van der Waals surface area (Å²) in [6.45, 7) is 4.02. The van der Waals surface area contributed by atoms with E-state index in [0.29, 0.717) is 6.54 Å². The zero-order valence-electron chi connectivity index (χ0n) is 14.9. The van der Waals surface area contributed by atoms with Gasteiger partial charge in [0.25, 0.3) is 0 Å². The highest BCUT2D eigenvalue weighted by atomic mass is 127. The Morgan fingerprint density at radius 2 is 2.08 bits per heavy atom. The lowest BCUT2D eigenvalue weighted by Gasteiger charge is -2.21. The molecule has 3 N–H and O–H groups in total. The van der Waals surface area contributed by atoms with Crippen molar-refractivity contribution in [1.82, 2.24) is 10.2 Å². The number of nitrogens with two attached hydrogens (primary N) is 1. The van der Waals surface area contributed by atoms with Gasteiger partial charge in [0.15, 0.2) is 5.96 Å². The van der Waals surface area contributed by atoms with Gasteiger partial charge in [-0.3, -0.25) is 0 Å². The molecule has 0 aliphatic rings. The van der Waals surface area contributed by atoms with E-state index < -0.39 is 10.0 Å². The van der Waals surface area contributed by atoms with Crippen LogP contribution in [0.4, 0.5) is 0 Å². The second-order valence-electron chi connectivity index (χ2n) is 5.61. The highest BCUT2D eigenvalue weighted by Crippen LogP contribution is 2.12. The molecule has 0 saturated carbocycles. The maximum Gasteiger partial charge on any atom is 0.238 e. The number of likely N-dealkylation sites (N-methyl/N-ethyl adjacent to an activating group) is 1. The largest absolute Gasteiger partial charge is 0.357 e. The summed E-state index contributed by atoms with van der Waals surface area (Å²) in [6.07, 6.45) is 0.958.